The van der Waals surface area contributed by atoms with E-state index >= 15 is 0 Å². The molecule has 1 aliphatic rings. The lowest BCUT2D eigenvalue weighted by molar-refractivity contribution is -0.856. The van der Waals surface area contributed by atoms with Gasteiger partial charge in [-0.1, -0.05) is 6.92 Å². The molecule has 0 unspecified atom stereocenters. The van der Waals surface area contributed by atoms with Crippen LogP contribution in [0.3, 0.4) is 0 Å². The summed E-state index contributed by atoms with van der Waals surface area (Å²) in [7, 11) is 0.209. The fourth-order valence-electron chi connectivity index (χ4n) is 3.09. The Morgan fingerprint density at radius 2 is 1.88 bits per heavy atom. The summed E-state index contributed by atoms with van der Waals surface area (Å²) in [5.74, 6) is 0.617. The fourth-order valence-corrected chi connectivity index (χ4v) is 4.42. The minimum atomic E-state index is -3.77. The van der Waals surface area contributed by atoms with Crippen LogP contribution in [0.4, 0.5) is 11.4 Å². The van der Waals surface area contributed by atoms with Gasteiger partial charge in [-0.15, -0.1) is 0 Å². The molecule has 26 heavy (non-hydrogen) atoms. The highest BCUT2D eigenvalue weighted by Gasteiger charge is 2.26. The highest BCUT2D eigenvalue weighted by molar-refractivity contribution is 7.89. The summed E-state index contributed by atoms with van der Waals surface area (Å²) in [6.07, 6.45) is 3.58. The molecule has 1 fully saturated rings. The van der Waals surface area contributed by atoms with Crippen molar-refractivity contribution >= 4 is 21.4 Å². The number of hydrogen-bond donors (Lipinski definition) is 3. The maximum Gasteiger partial charge on any atom is 0.293 e. The Balaban J connectivity index is 2.15. The second kappa shape index (κ2) is 8.79. The van der Waals surface area contributed by atoms with Gasteiger partial charge < -0.3 is 10.2 Å². The number of nitro benzene ring substituents is 1. The summed E-state index contributed by atoms with van der Waals surface area (Å²) in [4.78, 5) is 12.0. The zero-order chi connectivity index (χ0) is 19.3. The molecule has 3 N–H and O–H groups in total. The number of anilines is 1. The molecular weight excluding hydrogens is 356 g/mol. The predicted octanol–water partition coefficient (Wildman–Crippen LogP) is 1.01. The zero-order valence-electron chi connectivity index (χ0n) is 15.6. The summed E-state index contributed by atoms with van der Waals surface area (Å²) < 4.78 is 27.9. The van der Waals surface area contributed by atoms with E-state index in [9.17, 15) is 18.5 Å². The molecular formula is C17H29N4O4S+. The Kier molecular flexibility index (Phi) is 6.96. The fraction of sp³-hybridized carbons (Fsp3) is 0.647. The molecule has 0 saturated heterocycles. The average molecular weight is 386 g/mol. The first-order valence-corrected chi connectivity index (χ1v) is 10.5. The molecule has 146 valence electrons. The van der Waals surface area contributed by atoms with Crippen molar-refractivity contribution in [1.29, 1.82) is 0 Å². The van der Waals surface area contributed by atoms with Crippen molar-refractivity contribution in [1.82, 2.24) is 4.72 Å². The number of quaternary nitrogens is 1. The Morgan fingerprint density at radius 1 is 1.23 bits per heavy atom. The van der Waals surface area contributed by atoms with Crippen molar-refractivity contribution in [3.63, 3.8) is 0 Å². The van der Waals surface area contributed by atoms with Crippen LogP contribution in [-0.4, -0.2) is 46.6 Å². The van der Waals surface area contributed by atoms with Gasteiger partial charge in [-0.2, -0.15) is 0 Å². The van der Waals surface area contributed by atoms with Gasteiger partial charge in [-0.25, -0.2) is 13.1 Å². The van der Waals surface area contributed by atoms with E-state index in [0.717, 1.165) is 38.3 Å². The third kappa shape index (κ3) is 5.65. The molecule has 2 rings (SSSR count). The van der Waals surface area contributed by atoms with Gasteiger partial charge in [-0.05, 0) is 43.7 Å². The first kappa shape index (κ1) is 20.6. The monoisotopic (exact) mass is 385 g/mol. The van der Waals surface area contributed by atoms with E-state index in [1.54, 1.807) is 0 Å². The van der Waals surface area contributed by atoms with Crippen LogP contribution >= 0.6 is 0 Å². The standard InChI is InChI=1S/C17H28N4O4S/c1-13-4-6-14(7-5-13)19-26(24,25)15-8-9-16(17(12-15)21(22)23)18-10-11-20(2)3/h8-9,12-14,18-19H,4-7,10-11H2,1-3H3/p+1. The number of sulfonamides is 1. The van der Waals surface area contributed by atoms with E-state index in [4.69, 9.17) is 0 Å². The zero-order valence-corrected chi connectivity index (χ0v) is 16.4. The Morgan fingerprint density at radius 3 is 2.46 bits per heavy atom. The average Bonchev–Trinajstić information content (AvgIpc) is 2.56. The maximum atomic E-state index is 12.6. The highest BCUT2D eigenvalue weighted by atomic mass is 32.2. The number of rotatable bonds is 8. The number of hydrogen-bond acceptors (Lipinski definition) is 5. The van der Waals surface area contributed by atoms with Crippen molar-refractivity contribution in [2.24, 2.45) is 5.92 Å². The molecule has 0 amide bonds. The van der Waals surface area contributed by atoms with Crippen LogP contribution in [0.15, 0.2) is 23.1 Å². The smallest absolute Gasteiger partial charge is 0.293 e. The Labute approximate surface area is 155 Å². The molecule has 1 aromatic carbocycles. The van der Waals surface area contributed by atoms with Crippen molar-refractivity contribution < 1.29 is 18.2 Å². The lowest BCUT2D eigenvalue weighted by Gasteiger charge is -2.26. The predicted molar refractivity (Wildman–Crippen MR) is 101 cm³/mol. The molecule has 1 aromatic rings. The molecule has 8 nitrogen and oxygen atoms in total. The van der Waals surface area contributed by atoms with E-state index < -0.39 is 14.9 Å². The summed E-state index contributed by atoms with van der Waals surface area (Å²) in [5.41, 5.74) is 0.112. The van der Waals surface area contributed by atoms with Gasteiger partial charge in [0, 0.05) is 12.1 Å². The normalized spacial score (nSPS) is 20.9. The van der Waals surface area contributed by atoms with Crippen molar-refractivity contribution in [3.05, 3.63) is 28.3 Å². The number of benzene rings is 1. The molecule has 0 radical (unpaired) electrons. The van der Waals surface area contributed by atoms with E-state index in [-0.39, 0.29) is 16.6 Å². The van der Waals surface area contributed by atoms with Gasteiger partial charge in [0.05, 0.1) is 37.0 Å². The van der Waals surface area contributed by atoms with Crippen molar-refractivity contribution in [2.45, 2.75) is 43.5 Å². The molecule has 9 heteroatoms. The number of nitrogens with zero attached hydrogens (tertiary/aromatic N) is 1. The molecule has 0 aliphatic heterocycles. The minimum Gasteiger partial charge on any atom is -0.374 e. The van der Waals surface area contributed by atoms with E-state index in [1.165, 1.54) is 17.0 Å². The van der Waals surface area contributed by atoms with E-state index in [0.29, 0.717) is 18.2 Å². The van der Waals surface area contributed by atoms with E-state index in [1.807, 2.05) is 14.1 Å². The van der Waals surface area contributed by atoms with Crippen LogP contribution in [0.5, 0.6) is 0 Å². The molecule has 0 spiro atoms. The van der Waals surface area contributed by atoms with Gasteiger partial charge in [-0.3, -0.25) is 10.1 Å². The van der Waals surface area contributed by atoms with Crippen LogP contribution in [0.1, 0.15) is 32.6 Å². The van der Waals surface area contributed by atoms with Crippen LogP contribution in [0.2, 0.25) is 0 Å². The molecule has 1 aliphatic carbocycles. The lowest BCUT2D eigenvalue weighted by Crippen LogP contribution is -3.06. The minimum absolute atomic E-state index is 0.0633. The maximum absolute atomic E-state index is 12.6. The SMILES string of the molecule is CC1CCC(NS(=O)(=O)c2ccc(NCC[NH+](C)C)c([N+](=O)[O-])c2)CC1. The van der Waals surface area contributed by atoms with Gasteiger partial charge in [0.15, 0.2) is 0 Å². The number of nitrogens with one attached hydrogen (secondary N) is 3. The third-order valence-electron chi connectivity index (χ3n) is 4.75. The van der Waals surface area contributed by atoms with Gasteiger partial charge in [0.1, 0.15) is 5.69 Å². The second-order valence-corrected chi connectivity index (χ2v) is 9.11. The summed E-state index contributed by atoms with van der Waals surface area (Å²) in [6, 6.07) is 3.93. The lowest BCUT2D eigenvalue weighted by atomic mass is 9.88. The van der Waals surface area contributed by atoms with Crippen molar-refractivity contribution in [2.75, 3.05) is 32.5 Å². The Bertz CT molecular complexity index is 728. The highest BCUT2D eigenvalue weighted by Crippen LogP contribution is 2.29. The van der Waals surface area contributed by atoms with Crippen LogP contribution in [-0.2, 0) is 10.0 Å². The van der Waals surface area contributed by atoms with Crippen LogP contribution < -0.4 is 14.9 Å². The molecule has 1 saturated carbocycles. The molecule has 0 atom stereocenters. The van der Waals surface area contributed by atoms with Gasteiger partial charge >= 0.3 is 0 Å². The largest absolute Gasteiger partial charge is 0.374 e. The Hall–Kier alpha value is -1.71. The van der Waals surface area contributed by atoms with E-state index in [2.05, 4.69) is 17.0 Å². The first-order chi connectivity index (χ1) is 12.2. The molecule has 0 bridgehead atoms. The quantitative estimate of drug-likeness (QED) is 0.457. The van der Waals surface area contributed by atoms with Crippen LogP contribution in [0, 0.1) is 16.0 Å². The topological polar surface area (TPSA) is 106 Å². The number of nitro groups is 1. The first-order valence-electron chi connectivity index (χ1n) is 9.02. The summed E-state index contributed by atoms with van der Waals surface area (Å²) in [6.45, 7) is 3.52. The number of likely N-dealkylation sites (N-methyl/N-ethyl adjacent to an activating group) is 1. The van der Waals surface area contributed by atoms with Gasteiger partial charge in [0.2, 0.25) is 10.0 Å². The summed E-state index contributed by atoms with van der Waals surface area (Å²) in [5, 5.41) is 14.4. The molecule has 0 heterocycles. The van der Waals surface area contributed by atoms with Gasteiger partial charge in [0.25, 0.3) is 5.69 Å². The third-order valence-corrected chi connectivity index (χ3v) is 6.27. The van der Waals surface area contributed by atoms with Crippen molar-refractivity contribution in [3.8, 4) is 0 Å². The molecule has 0 aromatic heterocycles. The van der Waals surface area contributed by atoms with Crippen LogP contribution in [0.25, 0.3) is 0 Å². The summed E-state index contributed by atoms with van der Waals surface area (Å²) >= 11 is 0. The second-order valence-electron chi connectivity index (χ2n) is 7.40.